The summed E-state index contributed by atoms with van der Waals surface area (Å²) in [4.78, 5) is -0.405. The van der Waals surface area contributed by atoms with Gasteiger partial charge in [0.1, 0.15) is 10.7 Å². The highest BCUT2D eigenvalue weighted by Gasteiger charge is 2.43. The van der Waals surface area contributed by atoms with Crippen LogP contribution in [0.1, 0.15) is 19.8 Å². The molecule has 0 saturated heterocycles. The zero-order chi connectivity index (χ0) is 14.3. The second kappa shape index (κ2) is 5.01. The van der Waals surface area contributed by atoms with Gasteiger partial charge in [0.15, 0.2) is 0 Å². The number of hydrogen-bond donors (Lipinski definition) is 2. The molecule has 1 saturated carbocycles. The van der Waals surface area contributed by atoms with E-state index >= 15 is 0 Å². The Hall–Kier alpha value is -0.690. The summed E-state index contributed by atoms with van der Waals surface area (Å²) < 4.78 is 40.7. The third-order valence-electron chi connectivity index (χ3n) is 3.45. The quantitative estimate of drug-likeness (QED) is 0.872. The van der Waals surface area contributed by atoms with Gasteiger partial charge in [-0.3, -0.25) is 0 Å². The van der Waals surface area contributed by atoms with Gasteiger partial charge in [-0.2, -0.15) is 0 Å². The summed E-state index contributed by atoms with van der Waals surface area (Å²) >= 11 is 5.61. The van der Waals surface area contributed by atoms with Gasteiger partial charge in [0.05, 0.1) is 0 Å². The van der Waals surface area contributed by atoms with Crippen molar-refractivity contribution < 1.29 is 12.8 Å². The van der Waals surface area contributed by atoms with E-state index < -0.39 is 26.3 Å². The zero-order valence-electron chi connectivity index (χ0n) is 10.5. The second-order valence-electron chi connectivity index (χ2n) is 5.08. The lowest BCUT2D eigenvalue weighted by molar-refractivity contribution is 0.373. The summed E-state index contributed by atoms with van der Waals surface area (Å²) in [7, 11) is -3.95. The maximum absolute atomic E-state index is 13.7. The minimum Gasteiger partial charge on any atom is -0.329 e. The van der Waals surface area contributed by atoms with Gasteiger partial charge < -0.3 is 5.73 Å². The molecule has 0 bridgehead atoms. The molecule has 0 radical (unpaired) electrons. The third kappa shape index (κ3) is 3.08. The Labute approximate surface area is 117 Å². The summed E-state index contributed by atoms with van der Waals surface area (Å²) in [6.07, 6.45) is 1.86. The Balaban J connectivity index is 2.32. The maximum Gasteiger partial charge on any atom is 0.244 e. The molecule has 0 amide bonds. The molecule has 1 aromatic rings. The molecule has 0 aromatic heterocycles. The lowest BCUT2D eigenvalue weighted by atomic mass is 9.98. The summed E-state index contributed by atoms with van der Waals surface area (Å²) in [6.45, 7) is 1.92. The Kier molecular flexibility index (Phi) is 3.88. The minimum absolute atomic E-state index is 0.153. The number of hydrogen-bond acceptors (Lipinski definition) is 3. The molecular formula is C12H16ClFN2O2S. The van der Waals surface area contributed by atoms with E-state index in [1.54, 1.807) is 6.92 Å². The SMILES string of the molecule is CC(CN)(NS(=O)(=O)c1ccc(Cl)cc1F)C1CC1. The van der Waals surface area contributed by atoms with Gasteiger partial charge in [-0.25, -0.2) is 17.5 Å². The van der Waals surface area contributed by atoms with Gasteiger partial charge in [-0.05, 0) is 43.9 Å². The molecule has 1 aliphatic carbocycles. The van der Waals surface area contributed by atoms with Crippen LogP contribution in [0.5, 0.6) is 0 Å². The molecule has 7 heteroatoms. The highest BCUT2D eigenvalue weighted by atomic mass is 35.5. The highest BCUT2D eigenvalue weighted by Crippen LogP contribution is 2.39. The van der Waals surface area contributed by atoms with E-state index in [1.165, 1.54) is 6.07 Å². The number of benzene rings is 1. The molecule has 0 aliphatic heterocycles. The predicted octanol–water partition coefficient (Wildman–Crippen LogP) is 1.88. The fourth-order valence-corrected chi connectivity index (χ4v) is 3.76. The molecule has 0 spiro atoms. The third-order valence-corrected chi connectivity index (χ3v) is 5.33. The van der Waals surface area contributed by atoms with E-state index in [0.29, 0.717) is 0 Å². The fourth-order valence-electron chi connectivity index (χ4n) is 2.07. The van der Waals surface area contributed by atoms with E-state index in [-0.39, 0.29) is 17.5 Å². The second-order valence-corrected chi connectivity index (χ2v) is 7.16. The predicted molar refractivity (Wildman–Crippen MR) is 71.9 cm³/mol. The largest absolute Gasteiger partial charge is 0.329 e. The average molecular weight is 307 g/mol. The van der Waals surface area contributed by atoms with Crippen molar-refractivity contribution in [2.75, 3.05) is 6.54 Å². The van der Waals surface area contributed by atoms with Crippen molar-refractivity contribution >= 4 is 21.6 Å². The molecule has 1 aromatic carbocycles. The number of sulfonamides is 1. The first-order valence-electron chi connectivity index (χ1n) is 5.97. The monoisotopic (exact) mass is 306 g/mol. The first-order chi connectivity index (χ1) is 8.78. The van der Waals surface area contributed by atoms with E-state index in [9.17, 15) is 12.8 Å². The molecule has 0 heterocycles. The standard InChI is InChI=1S/C12H16ClFN2O2S/c1-12(7-15,8-2-3-8)16-19(17,18)11-5-4-9(13)6-10(11)14/h4-6,8,16H,2-3,7,15H2,1H3. The molecule has 1 fully saturated rings. The zero-order valence-corrected chi connectivity index (χ0v) is 12.1. The Bertz CT molecular complexity index is 589. The van der Waals surface area contributed by atoms with Crippen LogP contribution in [0.2, 0.25) is 5.02 Å². The van der Waals surface area contributed by atoms with Crippen LogP contribution in [0.25, 0.3) is 0 Å². The minimum atomic E-state index is -3.95. The average Bonchev–Trinajstić information content (AvgIpc) is 3.11. The molecule has 4 nitrogen and oxygen atoms in total. The number of rotatable bonds is 5. The van der Waals surface area contributed by atoms with Crippen LogP contribution >= 0.6 is 11.6 Å². The highest BCUT2D eigenvalue weighted by molar-refractivity contribution is 7.89. The van der Waals surface area contributed by atoms with Crippen molar-refractivity contribution in [1.29, 1.82) is 0 Å². The summed E-state index contributed by atoms with van der Waals surface area (Å²) in [5.74, 6) is -0.655. The van der Waals surface area contributed by atoms with Crippen LogP contribution in [0.3, 0.4) is 0 Å². The lowest BCUT2D eigenvalue weighted by Crippen LogP contribution is -2.53. The molecule has 1 atom stereocenters. The van der Waals surface area contributed by atoms with Gasteiger partial charge in [0.25, 0.3) is 0 Å². The topological polar surface area (TPSA) is 72.2 Å². The molecule has 1 unspecified atom stereocenters. The normalized spacial score (nSPS) is 19.2. The lowest BCUT2D eigenvalue weighted by Gasteiger charge is -2.29. The maximum atomic E-state index is 13.7. The van der Waals surface area contributed by atoms with Crippen molar-refractivity contribution in [2.45, 2.75) is 30.2 Å². The van der Waals surface area contributed by atoms with Crippen molar-refractivity contribution in [1.82, 2.24) is 4.72 Å². The first-order valence-corrected chi connectivity index (χ1v) is 7.84. The number of halogens is 2. The van der Waals surface area contributed by atoms with Crippen LogP contribution in [0, 0.1) is 11.7 Å². The van der Waals surface area contributed by atoms with Crippen molar-refractivity contribution in [3.63, 3.8) is 0 Å². The molecule has 1 aliphatic rings. The van der Waals surface area contributed by atoms with E-state index in [1.807, 2.05) is 0 Å². The number of nitrogens with two attached hydrogens (primary N) is 1. The Morgan fingerprint density at radius 2 is 2.16 bits per heavy atom. The van der Waals surface area contributed by atoms with Crippen molar-refractivity contribution in [2.24, 2.45) is 11.7 Å². The molecule has 106 valence electrons. The first kappa shape index (κ1) is 14.7. The smallest absolute Gasteiger partial charge is 0.244 e. The molecule has 3 N–H and O–H groups in total. The van der Waals surface area contributed by atoms with Gasteiger partial charge in [-0.15, -0.1) is 0 Å². The van der Waals surface area contributed by atoms with Crippen molar-refractivity contribution in [3.8, 4) is 0 Å². The summed E-state index contributed by atoms with van der Waals surface area (Å²) in [5, 5.41) is 0.153. The number of nitrogens with one attached hydrogen (secondary N) is 1. The summed E-state index contributed by atoms with van der Waals surface area (Å²) in [6, 6.07) is 3.48. The molecule has 2 rings (SSSR count). The Morgan fingerprint density at radius 1 is 1.53 bits per heavy atom. The van der Waals surface area contributed by atoms with Gasteiger partial charge in [0.2, 0.25) is 10.0 Å². The van der Waals surface area contributed by atoms with E-state index in [4.69, 9.17) is 17.3 Å². The van der Waals surface area contributed by atoms with Gasteiger partial charge >= 0.3 is 0 Å². The van der Waals surface area contributed by atoms with Crippen LogP contribution in [0.4, 0.5) is 4.39 Å². The van der Waals surface area contributed by atoms with Crippen molar-refractivity contribution in [3.05, 3.63) is 29.0 Å². The Morgan fingerprint density at radius 3 is 2.63 bits per heavy atom. The summed E-state index contributed by atoms with van der Waals surface area (Å²) in [5.41, 5.74) is 4.92. The van der Waals surface area contributed by atoms with E-state index in [0.717, 1.165) is 25.0 Å². The fraction of sp³-hybridized carbons (Fsp3) is 0.500. The van der Waals surface area contributed by atoms with Crippen LogP contribution in [-0.2, 0) is 10.0 Å². The van der Waals surface area contributed by atoms with Gasteiger partial charge in [-0.1, -0.05) is 11.6 Å². The van der Waals surface area contributed by atoms with E-state index in [2.05, 4.69) is 4.72 Å². The molecule has 19 heavy (non-hydrogen) atoms. The molecular weight excluding hydrogens is 291 g/mol. The van der Waals surface area contributed by atoms with Crippen LogP contribution in [0.15, 0.2) is 23.1 Å². The van der Waals surface area contributed by atoms with Gasteiger partial charge in [0, 0.05) is 17.1 Å². The van der Waals surface area contributed by atoms with Crippen LogP contribution in [-0.4, -0.2) is 20.5 Å². The van der Waals surface area contributed by atoms with Crippen LogP contribution < -0.4 is 10.5 Å².